The Kier molecular flexibility index (Phi) is 3.10. The average Bonchev–Trinajstić information content (AvgIpc) is 2.02. The standard InChI is InChI=1S/C9H12N2O2S/c1-6-4-7(11-10-5-6)14-9(2,3)8(12)13/h4-5H,1-3H3,(H,12,13). The van der Waals surface area contributed by atoms with Crippen LogP contribution >= 0.6 is 11.8 Å². The van der Waals surface area contributed by atoms with Crippen LogP contribution in [0.4, 0.5) is 0 Å². The van der Waals surface area contributed by atoms with Crippen LogP contribution in [-0.2, 0) is 4.79 Å². The molecule has 76 valence electrons. The molecule has 1 rings (SSSR count). The smallest absolute Gasteiger partial charge is 0.319 e. The first-order chi connectivity index (χ1) is 6.42. The number of hydrogen-bond donors (Lipinski definition) is 1. The van der Waals surface area contributed by atoms with E-state index >= 15 is 0 Å². The first-order valence-corrected chi connectivity index (χ1v) is 4.95. The molecule has 14 heavy (non-hydrogen) atoms. The van der Waals surface area contributed by atoms with Crippen molar-refractivity contribution in [1.29, 1.82) is 0 Å². The monoisotopic (exact) mass is 212 g/mol. The molecule has 0 fully saturated rings. The van der Waals surface area contributed by atoms with Gasteiger partial charge in [-0.1, -0.05) is 11.8 Å². The highest BCUT2D eigenvalue weighted by Gasteiger charge is 2.29. The van der Waals surface area contributed by atoms with E-state index in [-0.39, 0.29) is 0 Å². The molecule has 0 aromatic carbocycles. The van der Waals surface area contributed by atoms with Gasteiger partial charge in [-0.2, -0.15) is 5.10 Å². The van der Waals surface area contributed by atoms with E-state index < -0.39 is 10.7 Å². The van der Waals surface area contributed by atoms with Gasteiger partial charge in [0.15, 0.2) is 0 Å². The van der Waals surface area contributed by atoms with Gasteiger partial charge in [-0.05, 0) is 32.4 Å². The molecule has 0 saturated carbocycles. The van der Waals surface area contributed by atoms with Crippen LogP contribution in [0.3, 0.4) is 0 Å². The minimum Gasteiger partial charge on any atom is -0.480 e. The van der Waals surface area contributed by atoms with Crippen LogP contribution in [0.15, 0.2) is 17.3 Å². The highest BCUT2D eigenvalue weighted by atomic mass is 32.2. The fourth-order valence-corrected chi connectivity index (χ4v) is 1.74. The molecule has 0 unspecified atom stereocenters. The van der Waals surface area contributed by atoms with E-state index in [9.17, 15) is 4.79 Å². The zero-order valence-electron chi connectivity index (χ0n) is 8.31. The molecule has 0 aliphatic carbocycles. The molecule has 0 radical (unpaired) electrons. The molecule has 4 nitrogen and oxygen atoms in total. The summed E-state index contributed by atoms with van der Waals surface area (Å²) in [6.45, 7) is 5.18. The minimum atomic E-state index is -0.873. The van der Waals surface area contributed by atoms with Gasteiger partial charge in [-0.25, -0.2) is 0 Å². The molecule has 0 bridgehead atoms. The Morgan fingerprint density at radius 3 is 2.71 bits per heavy atom. The number of aryl methyl sites for hydroxylation is 1. The lowest BCUT2D eigenvalue weighted by Gasteiger charge is -2.17. The molecule has 0 saturated heterocycles. The van der Waals surface area contributed by atoms with Gasteiger partial charge >= 0.3 is 5.97 Å². The Labute approximate surface area is 86.7 Å². The fourth-order valence-electron chi connectivity index (χ4n) is 0.793. The number of carboxylic acids is 1. The van der Waals surface area contributed by atoms with E-state index in [0.29, 0.717) is 5.03 Å². The van der Waals surface area contributed by atoms with Crippen molar-refractivity contribution in [2.75, 3.05) is 0 Å². The van der Waals surface area contributed by atoms with Crippen molar-refractivity contribution in [3.8, 4) is 0 Å². The molecule has 1 N–H and O–H groups in total. The SMILES string of the molecule is Cc1cnnc(SC(C)(C)C(=O)O)c1. The number of hydrogen-bond acceptors (Lipinski definition) is 4. The second kappa shape index (κ2) is 3.96. The van der Waals surface area contributed by atoms with Crippen LogP contribution in [0.1, 0.15) is 19.4 Å². The Balaban J connectivity index is 2.83. The molecule has 0 atom stereocenters. The first kappa shape index (κ1) is 11.0. The highest BCUT2D eigenvalue weighted by molar-refractivity contribution is 8.01. The number of thioether (sulfide) groups is 1. The normalized spacial score (nSPS) is 11.4. The van der Waals surface area contributed by atoms with E-state index in [1.54, 1.807) is 20.0 Å². The van der Waals surface area contributed by atoms with E-state index in [0.717, 1.165) is 5.56 Å². The minimum absolute atomic E-state index is 0.636. The first-order valence-electron chi connectivity index (χ1n) is 4.13. The number of nitrogens with zero attached hydrogens (tertiary/aromatic N) is 2. The summed E-state index contributed by atoms with van der Waals surface area (Å²) < 4.78 is -0.873. The average molecular weight is 212 g/mol. The Morgan fingerprint density at radius 1 is 1.57 bits per heavy atom. The van der Waals surface area contributed by atoms with Crippen LogP contribution in [-0.4, -0.2) is 26.0 Å². The van der Waals surface area contributed by atoms with Crippen LogP contribution in [0, 0.1) is 6.92 Å². The van der Waals surface area contributed by atoms with Gasteiger partial charge in [0.1, 0.15) is 9.77 Å². The van der Waals surface area contributed by atoms with Crippen LogP contribution in [0.2, 0.25) is 0 Å². The fraction of sp³-hybridized carbons (Fsp3) is 0.444. The van der Waals surface area contributed by atoms with Crippen molar-refractivity contribution in [1.82, 2.24) is 10.2 Å². The summed E-state index contributed by atoms with van der Waals surface area (Å²) in [6.07, 6.45) is 1.64. The third-order valence-corrected chi connectivity index (χ3v) is 2.74. The molecule has 1 heterocycles. The number of aromatic nitrogens is 2. The van der Waals surface area contributed by atoms with Crippen molar-refractivity contribution in [3.63, 3.8) is 0 Å². The lowest BCUT2D eigenvalue weighted by Crippen LogP contribution is -2.27. The summed E-state index contributed by atoms with van der Waals surface area (Å²) in [6, 6.07) is 1.82. The lowest BCUT2D eigenvalue weighted by atomic mass is 10.2. The van der Waals surface area contributed by atoms with Crippen LogP contribution in [0.5, 0.6) is 0 Å². The molecule has 0 spiro atoms. The van der Waals surface area contributed by atoms with E-state index in [4.69, 9.17) is 5.11 Å². The van der Waals surface area contributed by atoms with Crippen molar-refractivity contribution < 1.29 is 9.90 Å². The van der Waals surface area contributed by atoms with Gasteiger partial charge in [-0.15, -0.1) is 5.10 Å². The Morgan fingerprint density at radius 2 is 2.21 bits per heavy atom. The summed E-state index contributed by atoms with van der Waals surface area (Å²) in [5, 5.41) is 17.2. The van der Waals surface area contributed by atoms with Gasteiger partial charge in [0.25, 0.3) is 0 Å². The van der Waals surface area contributed by atoms with E-state index in [2.05, 4.69) is 10.2 Å². The zero-order chi connectivity index (χ0) is 10.8. The van der Waals surface area contributed by atoms with Gasteiger partial charge in [-0.3, -0.25) is 4.79 Å². The molecule has 0 amide bonds. The van der Waals surface area contributed by atoms with Crippen molar-refractivity contribution in [3.05, 3.63) is 17.8 Å². The lowest BCUT2D eigenvalue weighted by molar-refractivity contribution is -0.138. The van der Waals surface area contributed by atoms with Gasteiger partial charge in [0.2, 0.25) is 0 Å². The molecule has 0 aliphatic rings. The van der Waals surface area contributed by atoms with Gasteiger partial charge in [0, 0.05) is 0 Å². The van der Waals surface area contributed by atoms with E-state index in [1.807, 2.05) is 13.0 Å². The maximum atomic E-state index is 10.8. The van der Waals surface area contributed by atoms with Crippen molar-refractivity contribution in [2.45, 2.75) is 30.5 Å². The van der Waals surface area contributed by atoms with E-state index in [1.165, 1.54) is 11.8 Å². The van der Waals surface area contributed by atoms with Crippen LogP contribution in [0.25, 0.3) is 0 Å². The number of aliphatic carboxylic acids is 1. The predicted molar refractivity (Wildman–Crippen MR) is 54.3 cm³/mol. The summed E-state index contributed by atoms with van der Waals surface area (Å²) in [7, 11) is 0. The summed E-state index contributed by atoms with van der Waals surface area (Å²) >= 11 is 1.19. The predicted octanol–water partition coefficient (Wildman–Crippen LogP) is 1.74. The molecule has 0 aliphatic heterocycles. The second-order valence-corrected chi connectivity index (χ2v) is 5.13. The van der Waals surface area contributed by atoms with Crippen molar-refractivity contribution >= 4 is 17.7 Å². The Hall–Kier alpha value is -1.10. The van der Waals surface area contributed by atoms with Gasteiger partial charge in [0.05, 0.1) is 6.20 Å². The number of carbonyl (C=O) groups is 1. The van der Waals surface area contributed by atoms with Gasteiger partial charge < -0.3 is 5.11 Å². The van der Waals surface area contributed by atoms with Crippen LogP contribution < -0.4 is 0 Å². The highest BCUT2D eigenvalue weighted by Crippen LogP contribution is 2.30. The number of carboxylic acid groups (broad SMARTS) is 1. The van der Waals surface area contributed by atoms with Crippen molar-refractivity contribution in [2.24, 2.45) is 0 Å². The second-order valence-electron chi connectivity index (χ2n) is 3.49. The molecular formula is C9H12N2O2S. The molecule has 5 heteroatoms. The summed E-state index contributed by atoms with van der Waals surface area (Å²) in [4.78, 5) is 10.8. The maximum Gasteiger partial charge on any atom is 0.319 e. The quantitative estimate of drug-likeness (QED) is 0.773. The molecule has 1 aromatic heterocycles. The molecule has 1 aromatic rings. The summed E-state index contributed by atoms with van der Waals surface area (Å²) in [5.41, 5.74) is 0.976. The number of rotatable bonds is 3. The molecular weight excluding hydrogens is 200 g/mol. The largest absolute Gasteiger partial charge is 0.480 e. The third kappa shape index (κ3) is 2.70. The maximum absolute atomic E-state index is 10.8. The Bertz CT molecular complexity index is 352. The zero-order valence-corrected chi connectivity index (χ0v) is 9.13. The topological polar surface area (TPSA) is 63.1 Å². The third-order valence-electron chi connectivity index (χ3n) is 1.64. The summed E-state index contributed by atoms with van der Waals surface area (Å²) in [5.74, 6) is -0.856.